The third kappa shape index (κ3) is 2.46. The van der Waals surface area contributed by atoms with Crippen LogP contribution in [0, 0.1) is 0 Å². The van der Waals surface area contributed by atoms with Crippen LogP contribution in [0.15, 0.2) is 18.2 Å². The Balaban J connectivity index is 2.41. The molecule has 1 saturated heterocycles. The van der Waals surface area contributed by atoms with Crippen LogP contribution >= 0.6 is 11.6 Å². The zero-order chi connectivity index (χ0) is 13.5. The summed E-state index contributed by atoms with van der Waals surface area (Å²) in [5.74, 6) is 0.0958. The summed E-state index contributed by atoms with van der Waals surface area (Å²) in [6.45, 7) is 6.75. The lowest BCUT2D eigenvalue weighted by Gasteiger charge is -2.23. The van der Waals surface area contributed by atoms with E-state index in [0.717, 1.165) is 5.56 Å². The van der Waals surface area contributed by atoms with Crippen LogP contribution in [0.3, 0.4) is 0 Å². The van der Waals surface area contributed by atoms with E-state index in [-0.39, 0.29) is 22.4 Å². The van der Waals surface area contributed by atoms with Crippen LogP contribution < -0.4 is 4.90 Å². The van der Waals surface area contributed by atoms with Crippen molar-refractivity contribution in [3.8, 4) is 5.75 Å². The smallest absolute Gasteiger partial charge is 0.228 e. The number of nitrogens with zero attached hydrogens (tertiary/aromatic N) is 1. The summed E-state index contributed by atoms with van der Waals surface area (Å²) in [5.41, 5.74) is 1.63. The van der Waals surface area contributed by atoms with E-state index >= 15 is 0 Å². The number of rotatable bonds is 1. The first-order valence-electron chi connectivity index (χ1n) is 6.07. The number of carbonyl (C=O) groups excluding carboxylic acids is 1. The molecule has 1 amide bonds. The fraction of sp³-hybridized carbons (Fsp3) is 0.500. The molecule has 1 N–H and O–H groups in total. The molecule has 1 aliphatic rings. The number of benzene rings is 1. The third-order valence-electron chi connectivity index (χ3n) is 3.21. The van der Waals surface area contributed by atoms with Crippen molar-refractivity contribution >= 4 is 23.2 Å². The van der Waals surface area contributed by atoms with Gasteiger partial charge in [0.1, 0.15) is 5.75 Å². The molecule has 18 heavy (non-hydrogen) atoms. The molecule has 1 atom stereocenters. The van der Waals surface area contributed by atoms with Crippen molar-refractivity contribution in [1.29, 1.82) is 0 Å². The normalized spacial score (nSPS) is 20.6. The first-order valence-corrected chi connectivity index (χ1v) is 6.50. The first kappa shape index (κ1) is 13.2. The molecular weight excluding hydrogens is 250 g/mol. The minimum Gasteiger partial charge on any atom is -0.506 e. The van der Waals surface area contributed by atoms with Gasteiger partial charge in [-0.25, -0.2) is 0 Å². The number of carbonyl (C=O) groups is 1. The molecule has 2 rings (SSSR count). The van der Waals surface area contributed by atoms with Crippen LogP contribution in [0.4, 0.5) is 5.69 Å². The number of phenolic OH excluding ortho intramolecular Hbond substituents is 1. The molecule has 0 bridgehead atoms. The minimum atomic E-state index is -0.171. The molecule has 0 aliphatic carbocycles. The van der Waals surface area contributed by atoms with Gasteiger partial charge in [-0.2, -0.15) is 0 Å². The van der Waals surface area contributed by atoms with Gasteiger partial charge in [0.05, 0.1) is 11.1 Å². The molecule has 1 aromatic carbocycles. The topological polar surface area (TPSA) is 40.5 Å². The van der Waals surface area contributed by atoms with Gasteiger partial charge >= 0.3 is 0 Å². The number of halogens is 1. The maximum absolute atomic E-state index is 11.8. The fourth-order valence-electron chi connectivity index (χ4n) is 2.10. The lowest BCUT2D eigenvalue weighted by molar-refractivity contribution is -0.117. The van der Waals surface area contributed by atoms with Gasteiger partial charge in [0.15, 0.2) is 0 Å². The summed E-state index contributed by atoms with van der Waals surface area (Å²) < 4.78 is 0. The van der Waals surface area contributed by atoms with Crippen molar-refractivity contribution in [2.24, 2.45) is 0 Å². The Morgan fingerprint density at radius 1 is 1.39 bits per heavy atom. The Morgan fingerprint density at radius 2 is 2.06 bits per heavy atom. The predicted octanol–water partition coefficient (Wildman–Crippen LogP) is 3.03. The number of phenols is 1. The van der Waals surface area contributed by atoms with Crippen molar-refractivity contribution in [1.82, 2.24) is 0 Å². The zero-order valence-corrected chi connectivity index (χ0v) is 11.7. The lowest BCUT2D eigenvalue weighted by Crippen LogP contribution is -2.25. The summed E-state index contributed by atoms with van der Waals surface area (Å²) in [5, 5.41) is 9.76. The van der Waals surface area contributed by atoms with E-state index < -0.39 is 0 Å². The summed E-state index contributed by atoms with van der Waals surface area (Å²) in [7, 11) is 0. The molecule has 1 fully saturated rings. The lowest BCUT2D eigenvalue weighted by atomic mass is 9.86. The Morgan fingerprint density at radius 3 is 2.56 bits per heavy atom. The first-order chi connectivity index (χ1) is 8.29. The Hall–Kier alpha value is -1.22. The second kappa shape index (κ2) is 4.47. The molecular formula is C14H18ClNO2. The van der Waals surface area contributed by atoms with E-state index in [1.54, 1.807) is 11.0 Å². The van der Waals surface area contributed by atoms with Crippen molar-refractivity contribution in [2.45, 2.75) is 38.0 Å². The number of hydrogen-bond acceptors (Lipinski definition) is 2. The third-order valence-corrected chi connectivity index (χ3v) is 3.50. The monoisotopic (exact) mass is 267 g/mol. The minimum absolute atomic E-state index is 0.0222. The van der Waals surface area contributed by atoms with Crippen molar-refractivity contribution in [3.05, 3.63) is 23.8 Å². The van der Waals surface area contributed by atoms with Crippen LogP contribution in [0.25, 0.3) is 0 Å². The van der Waals surface area contributed by atoms with E-state index in [2.05, 4.69) is 20.8 Å². The average Bonchev–Trinajstić information content (AvgIpc) is 2.56. The summed E-state index contributed by atoms with van der Waals surface area (Å²) in [6, 6.07) is 5.41. The zero-order valence-electron chi connectivity index (χ0n) is 10.9. The highest BCUT2D eigenvalue weighted by Gasteiger charge is 2.31. The average molecular weight is 268 g/mol. The molecule has 1 heterocycles. The van der Waals surface area contributed by atoms with Gasteiger partial charge in [0.25, 0.3) is 0 Å². The largest absolute Gasteiger partial charge is 0.506 e. The molecule has 0 radical (unpaired) electrons. The molecule has 0 aromatic heterocycles. The number of aromatic hydroxyl groups is 1. The van der Waals surface area contributed by atoms with Crippen LogP contribution in [-0.2, 0) is 10.2 Å². The second-order valence-electron chi connectivity index (χ2n) is 5.76. The Bertz CT molecular complexity index is 479. The van der Waals surface area contributed by atoms with Gasteiger partial charge in [-0.3, -0.25) is 4.79 Å². The van der Waals surface area contributed by atoms with Gasteiger partial charge in [0.2, 0.25) is 5.91 Å². The number of amides is 1. The van der Waals surface area contributed by atoms with E-state index in [4.69, 9.17) is 11.6 Å². The van der Waals surface area contributed by atoms with Crippen LogP contribution in [0.1, 0.15) is 32.8 Å². The molecule has 0 spiro atoms. The number of hydrogen-bond donors (Lipinski definition) is 1. The molecule has 4 heteroatoms. The fourth-order valence-corrected chi connectivity index (χ4v) is 2.37. The standard InChI is InChI=1S/C14H18ClNO2/c1-14(2,3)9-4-5-12(17)11(6-9)16-8-10(15)7-13(16)18/h4-6,10,17H,7-8H2,1-3H3. The van der Waals surface area contributed by atoms with E-state index in [1.807, 2.05) is 12.1 Å². The SMILES string of the molecule is CC(C)(C)c1ccc(O)c(N2CC(Cl)CC2=O)c1. The summed E-state index contributed by atoms with van der Waals surface area (Å²) in [4.78, 5) is 13.4. The summed E-state index contributed by atoms with van der Waals surface area (Å²) in [6.07, 6.45) is 0.334. The molecule has 0 saturated carbocycles. The predicted molar refractivity (Wildman–Crippen MR) is 73.4 cm³/mol. The summed E-state index contributed by atoms with van der Waals surface area (Å²) >= 11 is 5.99. The number of alkyl halides is 1. The van der Waals surface area contributed by atoms with Gasteiger partial charge in [-0.1, -0.05) is 26.8 Å². The molecule has 1 aromatic rings. The molecule has 3 nitrogen and oxygen atoms in total. The Labute approximate surface area is 112 Å². The van der Waals surface area contributed by atoms with Gasteiger partial charge in [-0.15, -0.1) is 11.6 Å². The van der Waals surface area contributed by atoms with Gasteiger partial charge < -0.3 is 10.0 Å². The van der Waals surface area contributed by atoms with Crippen molar-refractivity contribution < 1.29 is 9.90 Å². The maximum atomic E-state index is 11.8. The highest BCUT2D eigenvalue weighted by atomic mass is 35.5. The Kier molecular flexibility index (Phi) is 3.28. The highest BCUT2D eigenvalue weighted by molar-refractivity contribution is 6.24. The maximum Gasteiger partial charge on any atom is 0.228 e. The highest BCUT2D eigenvalue weighted by Crippen LogP contribution is 2.35. The number of anilines is 1. The van der Waals surface area contributed by atoms with Crippen LogP contribution in [0.2, 0.25) is 0 Å². The molecule has 1 unspecified atom stereocenters. The van der Waals surface area contributed by atoms with E-state index in [0.29, 0.717) is 18.7 Å². The van der Waals surface area contributed by atoms with Gasteiger partial charge in [-0.05, 0) is 23.1 Å². The second-order valence-corrected chi connectivity index (χ2v) is 6.38. The molecule has 1 aliphatic heterocycles. The van der Waals surface area contributed by atoms with E-state index in [1.165, 1.54) is 0 Å². The van der Waals surface area contributed by atoms with Crippen molar-refractivity contribution in [3.63, 3.8) is 0 Å². The van der Waals surface area contributed by atoms with E-state index in [9.17, 15) is 9.90 Å². The van der Waals surface area contributed by atoms with Crippen LogP contribution in [0.5, 0.6) is 5.75 Å². The van der Waals surface area contributed by atoms with Crippen LogP contribution in [-0.4, -0.2) is 22.9 Å². The van der Waals surface area contributed by atoms with Gasteiger partial charge in [0, 0.05) is 13.0 Å². The van der Waals surface area contributed by atoms with Crippen molar-refractivity contribution in [2.75, 3.05) is 11.4 Å². The molecule has 98 valence electrons. The quantitative estimate of drug-likeness (QED) is 0.795.